The van der Waals surface area contributed by atoms with Crippen LogP contribution in [-0.2, 0) is 16.6 Å². The maximum absolute atomic E-state index is 11.1. The minimum atomic E-state index is -0.679. The number of thiophene rings is 1. The Hall–Kier alpha value is 0.330. The Balaban J connectivity index is 2.57. The monoisotopic (exact) mass is 252 g/mol. The summed E-state index contributed by atoms with van der Waals surface area (Å²) >= 11 is 5.00. The van der Waals surface area contributed by atoms with Gasteiger partial charge in [0.25, 0.3) is 0 Å². The molecule has 0 aliphatic carbocycles. The molecule has 0 bridgehead atoms. The van der Waals surface area contributed by atoms with E-state index in [2.05, 4.69) is 15.9 Å². The molecule has 0 aromatic carbocycles. The first-order chi connectivity index (χ1) is 5.22. The van der Waals surface area contributed by atoms with Gasteiger partial charge in [-0.3, -0.25) is 4.21 Å². The maximum Gasteiger partial charge on any atom is 0.0701 e. The molecule has 11 heavy (non-hydrogen) atoms. The molecule has 62 valence electrons. The van der Waals surface area contributed by atoms with Crippen molar-refractivity contribution in [1.82, 2.24) is 0 Å². The van der Waals surface area contributed by atoms with Crippen LogP contribution >= 0.6 is 27.3 Å². The van der Waals surface area contributed by atoms with Gasteiger partial charge in [0.05, 0.1) is 3.79 Å². The van der Waals surface area contributed by atoms with E-state index in [0.717, 1.165) is 9.54 Å². The lowest BCUT2D eigenvalue weighted by molar-refractivity contribution is 0.683. The lowest BCUT2D eigenvalue weighted by atomic mass is 10.4. The Bertz CT molecular complexity index is 257. The fourth-order valence-corrected chi connectivity index (χ4v) is 2.77. The van der Waals surface area contributed by atoms with E-state index in [4.69, 9.17) is 0 Å². The Morgan fingerprint density at radius 3 is 2.91 bits per heavy atom. The predicted octanol–water partition coefficient (Wildman–Crippen LogP) is 2.78. The van der Waals surface area contributed by atoms with Gasteiger partial charge in [-0.2, -0.15) is 0 Å². The van der Waals surface area contributed by atoms with E-state index in [1.807, 2.05) is 18.4 Å². The van der Waals surface area contributed by atoms with Crippen molar-refractivity contribution in [2.75, 3.05) is 5.75 Å². The topological polar surface area (TPSA) is 17.1 Å². The van der Waals surface area contributed by atoms with E-state index in [1.54, 1.807) is 11.3 Å². The SMILES string of the molecule is CCS(=O)Cc1csc(Br)c1. The average molecular weight is 253 g/mol. The molecular weight excluding hydrogens is 244 g/mol. The second kappa shape index (κ2) is 4.38. The van der Waals surface area contributed by atoms with Crippen LogP contribution in [0.3, 0.4) is 0 Å². The summed E-state index contributed by atoms with van der Waals surface area (Å²) in [4.78, 5) is 0. The van der Waals surface area contributed by atoms with Gasteiger partial charge in [-0.1, -0.05) is 6.92 Å². The average Bonchev–Trinajstić information content (AvgIpc) is 2.35. The van der Waals surface area contributed by atoms with Gasteiger partial charge in [0.1, 0.15) is 0 Å². The van der Waals surface area contributed by atoms with Gasteiger partial charge in [-0.25, -0.2) is 0 Å². The van der Waals surface area contributed by atoms with Crippen molar-refractivity contribution in [3.8, 4) is 0 Å². The lowest BCUT2D eigenvalue weighted by Gasteiger charge is -1.93. The van der Waals surface area contributed by atoms with E-state index < -0.39 is 10.8 Å². The van der Waals surface area contributed by atoms with Crippen LogP contribution < -0.4 is 0 Å². The van der Waals surface area contributed by atoms with Gasteiger partial charge < -0.3 is 0 Å². The zero-order valence-electron chi connectivity index (χ0n) is 6.17. The van der Waals surface area contributed by atoms with E-state index in [1.165, 1.54) is 5.56 Å². The van der Waals surface area contributed by atoms with Gasteiger partial charge in [-0.15, -0.1) is 11.3 Å². The van der Waals surface area contributed by atoms with Gasteiger partial charge >= 0.3 is 0 Å². The molecular formula is C7H9BrOS2. The van der Waals surface area contributed by atoms with E-state index in [-0.39, 0.29) is 0 Å². The fraction of sp³-hybridized carbons (Fsp3) is 0.429. The third-order valence-electron chi connectivity index (χ3n) is 1.27. The van der Waals surface area contributed by atoms with Crippen LogP contribution in [0.25, 0.3) is 0 Å². The maximum atomic E-state index is 11.1. The van der Waals surface area contributed by atoms with E-state index >= 15 is 0 Å². The van der Waals surface area contributed by atoms with Crippen LogP contribution in [0.2, 0.25) is 0 Å². The first-order valence-corrected chi connectivity index (χ1v) is 6.46. The summed E-state index contributed by atoms with van der Waals surface area (Å²) < 4.78 is 12.2. The molecule has 0 aliphatic heterocycles. The summed E-state index contributed by atoms with van der Waals surface area (Å²) in [5, 5.41) is 2.04. The van der Waals surface area contributed by atoms with Crippen LogP contribution in [0.4, 0.5) is 0 Å². The van der Waals surface area contributed by atoms with Gasteiger partial charge in [-0.05, 0) is 32.9 Å². The van der Waals surface area contributed by atoms with Crippen molar-refractivity contribution in [3.05, 3.63) is 20.8 Å². The first kappa shape index (κ1) is 9.42. The van der Waals surface area contributed by atoms with Crippen molar-refractivity contribution in [1.29, 1.82) is 0 Å². The summed E-state index contributed by atoms with van der Waals surface area (Å²) in [6.45, 7) is 1.94. The molecule has 0 amide bonds. The molecule has 0 fully saturated rings. The number of halogens is 1. The highest BCUT2D eigenvalue weighted by Crippen LogP contribution is 2.21. The highest BCUT2D eigenvalue weighted by Gasteiger charge is 2.00. The second-order valence-electron chi connectivity index (χ2n) is 2.13. The number of rotatable bonds is 3. The van der Waals surface area contributed by atoms with Crippen LogP contribution in [0.1, 0.15) is 12.5 Å². The molecule has 4 heteroatoms. The van der Waals surface area contributed by atoms with Crippen LogP contribution in [0.5, 0.6) is 0 Å². The first-order valence-electron chi connectivity index (χ1n) is 3.30. The highest BCUT2D eigenvalue weighted by atomic mass is 79.9. The molecule has 1 aromatic rings. The lowest BCUT2D eigenvalue weighted by Crippen LogP contribution is -1.95. The number of hydrogen-bond acceptors (Lipinski definition) is 2. The van der Waals surface area contributed by atoms with Crippen LogP contribution in [0, 0.1) is 0 Å². The third kappa shape index (κ3) is 3.05. The largest absolute Gasteiger partial charge is 0.259 e. The molecule has 1 heterocycles. The molecule has 0 radical (unpaired) electrons. The fourth-order valence-electron chi connectivity index (χ4n) is 0.709. The number of hydrogen-bond donors (Lipinski definition) is 0. The van der Waals surface area contributed by atoms with E-state index in [9.17, 15) is 4.21 Å². The summed E-state index contributed by atoms with van der Waals surface area (Å²) in [5.74, 6) is 1.44. The third-order valence-corrected chi connectivity index (χ3v) is 4.12. The predicted molar refractivity (Wildman–Crippen MR) is 54.4 cm³/mol. The molecule has 1 unspecified atom stereocenters. The van der Waals surface area contributed by atoms with Crippen molar-refractivity contribution >= 4 is 38.1 Å². The molecule has 1 aromatic heterocycles. The molecule has 1 atom stereocenters. The summed E-state index contributed by atoms with van der Waals surface area (Å²) in [6.07, 6.45) is 0. The van der Waals surface area contributed by atoms with E-state index in [0.29, 0.717) is 5.75 Å². The zero-order valence-corrected chi connectivity index (χ0v) is 9.39. The molecule has 1 nitrogen and oxygen atoms in total. The van der Waals surface area contributed by atoms with Crippen LogP contribution in [-0.4, -0.2) is 9.96 Å². The van der Waals surface area contributed by atoms with Gasteiger partial charge in [0, 0.05) is 22.3 Å². The molecule has 0 saturated carbocycles. The molecule has 1 rings (SSSR count). The normalized spacial score (nSPS) is 13.3. The minimum Gasteiger partial charge on any atom is -0.259 e. The smallest absolute Gasteiger partial charge is 0.0701 e. The quantitative estimate of drug-likeness (QED) is 0.809. The Labute approximate surface area is 81.4 Å². The molecule has 0 aliphatic rings. The zero-order chi connectivity index (χ0) is 8.27. The molecule has 0 spiro atoms. The Kier molecular flexibility index (Phi) is 3.75. The minimum absolute atomic E-state index is 0.679. The Morgan fingerprint density at radius 2 is 2.45 bits per heavy atom. The van der Waals surface area contributed by atoms with Crippen molar-refractivity contribution in [2.45, 2.75) is 12.7 Å². The van der Waals surface area contributed by atoms with Crippen molar-refractivity contribution in [3.63, 3.8) is 0 Å². The highest BCUT2D eigenvalue weighted by molar-refractivity contribution is 9.11. The summed E-state index contributed by atoms with van der Waals surface area (Å²) in [5.41, 5.74) is 1.17. The standard InChI is InChI=1S/C7H9BrOS2/c1-2-11(9)5-6-3-7(8)10-4-6/h3-4H,2,5H2,1H3. The summed E-state index contributed by atoms with van der Waals surface area (Å²) in [7, 11) is -0.679. The molecule has 0 N–H and O–H groups in total. The Morgan fingerprint density at radius 1 is 1.73 bits per heavy atom. The van der Waals surface area contributed by atoms with Gasteiger partial charge in [0.15, 0.2) is 0 Å². The van der Waals surface area contributed by atoms with Crippen molar-refractivity contribution < 1.29 is 4.21 Å². The summed E-state index contributed by atoms with van der Waals surface area (Å²) in [6, 6.07) is 2.03. The van der Waals surface area contributed by atoms with Crippen molar-refractivity contribution in [2.24, 2.45) is 0 Å². The van der Waals surface area contributed by atoms with Crippen LogP contribution in [0.15, 0.2) is 15.2 Å². The molecule has 0 saturated heterocycles. The van der Waals surface area contributed by atoms with Gasteiger partial charge in [0.2, 0.25) is 0 Å². The second-order valence-corrected chi connectivity index (χ2v) is 6.17.